The Bertz CT molecular complexity index is 491. The van der Waals surface area contributed by atoms with Crippen molar-refractivity contribution in [3.8, 4) is 0 Å². The molecule has 0 heterocycles. The van der Waals surface area contributed by atoms with Crippen molar-refractivity contribution in [3.63, 3.8) is 0 Å². The third-order valence-electron chi connectivity index (χ3n) is 3.59. The molecule has 0 saturated heterocycles. The van der Waals surface area contributed by atoms with Crippen LogP contribution in [0.2, 0.25) is 0 Å². The molecule has 1 unspecified atom stereocenters. The molecule has 0 aliphatic heterocycles. The number of benzene rings is 1. The lowest BCUT2D eigenvalue weighted by Gasteiger charge is -2.24. The lowest BCUT2D eigenvalue weighted by molar-refractivity contribution is 0.201. The molecule has 22 heavy (non-hydrogen) atoms. The van der Waals surface area contributed by atoms with Gasteiger partial charge in [0.1, 0.15) is 0 Å². The van der Waals surface area contributed by atoms with Crippen LogP contribution in [0.25, 0.3) is 0 Å². The van der Waals surface area contributed by atoms with Gasteiger partial charge in [-0.15, -0.1) is 0 Å². The van der Waals surface area contributed by atoms with Crippen LogP contribution in [0.3, 0.4) is 0 Å². The topological polar surface area (TPSA) is 32.3 Å². The lowest BCUT2D eigenvalue weighted by atomic mass is 10.00. The highest BCUT2D eigenvalue weighted by atomic mass is 16.2. The molecule has 1 N–H and O–H groups in total. The van der Waals surface area contributed by atoms with Crippen LogP contribution in [0.5, 0.6) is 0 Å². The first-order chi connectivity index (χ1) is 10.3. The fraction of sp³-hybridized carbons (Fsp3) is 0.526. The van der Waals surface area contributed by atoms with E-state index in [2.05, 4.69) is 50.0 Å². The van der Waals surface area contributed by atoms with Gasteiger partial charge in [0, 0.05) is 13.1 Å². The quantitative estimate of drug-likeness (QED) is 0.736. The van der Waals surface area contributed by atoms with Gasteiger partial charge in [0.05, 0.1) is 6.04 Å². The normalized spacial score (nSPS) is 12.1. The van der Waals surface area contributed by atoms with E-state index in [1.807, 2.05) is 20.8 Å². The molecular formula is C19H30N2O. The van der Waals surface area contributed by atoms with Gasteiger partial charge in [0.2, 0.25) is 0 Å². The molecule has 1 rings (SSSR count). The number of nitrogens with zero attached hydrogens (tertiary/aromatic N) is 1. The Hall–Kier alpha value is -1.77. The van der Waals surface area contributed by atoms with Crippen molar-refractivity contribution in [3.05, 3.63) is 47.5 Å². The molecule has 1 aromatic rings. The number of hydrogen-bond donors (Lipinski definition) is 1. The van der Waals surface area contributed by atoms with Crippen molar-refractivity contribution in [1.82, 2.24) is 10.2 Å². The van der Waals surface area contributed by atoms with Crippen molar-refractivity contribution in [2.24, 2.45) is 5.92 Å². The average molecular weight is 302 g/mol. The number of carbonyl (C=O) groups excluding carboxylic acids is 1. The van der Waals surface area contributed by atoms with Crippen LogP contribution in [0, 0.1) is 5.92 Å². The second-order valence-corrected chi connectivity index (χ2v) is 6.48. The van der Waals surface area contributed by atoms with E-state index in [-0.39, 0.29) is 12.1 Å². The summed E-state index contributed by atoms with van der Waals surface area (Å²) in [7, 11) is 0. The molecule has 0 bridgehead atoms. The minimum atomic E-state index is -0.0377. The Labute approximate surface area is 135 Å². The van der Waals surface area contributed by atoms with Gasteiger partial charge in [-0.05, 0) is 44.2 Å². The van der Waals surface area contributed by atoms with Crippen LogP contribution < -0.4 is 5.32 Å². The maximum atomic E-state index is 12.3. The highest BCUT2D eigenvalue weighted by molar-refractivity contribution is 5.75. The maximum Gasteiger partial charge on any atom is 0.318 e. The maximum absolute atomic E-state index is 12.3. The van der Waals surface area contributed by atoms with Gasteiger partial charge < -0.3 is 10.2 Å². The standard InChI is InChI=1S/C19H30N2O/c1-7-21(13-15(4)5)19(22)20-16(6)18-10-8-17(9-11-18)12-14(2)3/h8-11,14,16H,4,7,12-13H2,1-3,5-6H3,(H,20,22). The molecule has 2 amide bonds. The molecule has 0 fully saturated rings. The summed E-state index contributed by atoms with van der Waals surface area (Å²) < 4.78 is 0. The summed E-state index contributed by atoms with van der Waals surface area (Å²) in [4.78, 5) is 14.0. The first-order valence-corrected chi connectivity index (χ1v) is 8.12. The number of nitrogens with one attached hydrogen (secondary N) is 1. The summed E-state index contributed by atoms with van der Waals surface area (Å²) in [5.74, 6) is 0.656. The molecule has 3 nitrogen and oxygen atoms in total. The zero-order chi connectivity index (χ0) is 16.7. The molecule has 122 valence electrons. The predicted molar refractivity (Wildman–Crippen MR) is 94.0 cm³/mol. The lowest BCUT2D eigenvalue weighted by Crippen LogP contribution is -2.41. The van der Waals surface area contributed by atoms with Crippen molar-refractivity contribution < 1.29 is 4.79 Å². The highest BCUT2D eigenvalue weighted by Gasteiger charge is 2.15. The monoisotopic (exact) mass is 302 g/mol. The van der Waals surface area contributed by atoms with Crippen LogP contribution in [0.4, 0.5) is 4.79 Å². The Morgan fingerprint density at radius 3 is 2.27 bits per heavy atom. The molecule has 0 radical (unpaired) electrons. The zero-order valence-corrected chi connectivity index (χ0v) is 14.6. The van der Waals surface area contributed by atoms with Gasteiger partial charge >= 0.3 is 6.03 Å². The molecule has 0 saturated carbocycles. The molecule has 0 aromatic heterocycles. The largest absolute Gasteiger partial charge is 0.331 e. The van der Waals surface area contributed by atoms with E-state index in [4.69, 9.17) is 0 Å². The van der Waals surface area contributed by atoms with Gasteiger partial charge in [-0.1, -0.05) is 50.3 Å². The van der Waals surface area contributed by atoms with Gasteiger partial charge in [-0.3, -0.25) is 0 Å². The summed E-state index contributed by atoms with van der Waals surface area (Å²) >= 11 is 0. The second kappa shape index (κ2) is 8.62. The van der Waals surface area contributed by atoms with Gasteiger partial charge in [-0.25, -0.2) is 4.79 Å². The molecule has 0 aliphatic carbocycles. The highest BCUT2D eigenvalue weighted by Crippen LogP contribution is 2.16. The number of rotatable bonds is 7. The van der Waals surface area contributed by atoms with E-state index in [0.717, 1.165) is 17.6 Å². The Morgan fingerprint density at radius 2 is 1.82 bits per heavy atom. The Balaban J connectivity index is 2.65. The van der Waals surface area contributed by atoms with E-state index in [0.29, 0.717) is 19.0 Å². The third-order valence-corrected chi connectivity index (χ3v) is 3.59. The van der Waals surface area contributed by atoms with Crippen molar-refractivity contribution in [2.75, 3.05) is 13.1 Å². The number of amides is 2. The van der Waals surface area contributed by atoms with Crippen LogP contribution in [0.1, 0.15) is 51.8 Å². The molecule has 3 heteroatoms. The number of likely N-dealkylation sites (N-methyl/N-ethyl adjacent to an activating group) is 1. The van der Waals surface area contributed by atoms with Crippen LogP contribution >= 0.6 is 0 Å². The molecule has 1 atom stereocenters. The first-order valence-electron chi connectivity index (χ1n) is 8.12. The summed E-state index contributed by atoms with van der Waals surface area (Å²) in [6, 6.07) is 8.49. The summed E-state index contributed by atoms with van der Waals surface area (Å²) in [6.07, 6.45) is 1.09. The van der Waals surface area contributed by atoms with Gasteiger partial charge in [0.15, 0.2) is 0 Å². The van der Waals surface area contributed by atoms with Crippen molar-refractivity contribution >= 4 is 6.03 Å². The molecule has 0 aliphatic rings. The zero-order valence-electron chi connectivity index (χ0n) is 14.6. The summed E-state index contributed by atoms with van der Waals surface area (Å²) in [5.41, 5.74) is 3.46. The minimum Gasteiger partial charge on any atom is -0.331 e. The molecule has 0 spiro atoms. The second-order valence-electron chi connectivity index (χ2n) is 6.48. The fourth-order valence-corrected chi connectivity index (χ4v) is 2.43. The predicted octanol–water partition coefficient (Wildman–Crippen LogP) is 4.55. The number of carbonyl (C=O) groups is 1. The Morgan fingerprint density at radius 1 is 1.23 bits per heavy atom. The van der Waals surface area contributed by atoms with Crippen LogP contribution in [-0.4, -0.2) is 24.0 Å². The third kappa shape index (κ3) is 5.92. The smallest absolute Gasteiger partial charge is 0.318 e. The fourth-order valence-electron chi connectivity index (χ4n) is 2.43. The van der Waals surface area contributed by atoms with E-state index in [1.54, 1.807) is 4.90 Å². The number of urea groups is 1. The van der Waals surface area contributed by atoms with E-state index in [1.165, 1.54) is 5.56 Å². The van der Waals surface area contributed by atoms with Crippen molar-refractivity contribution in [2.45, 2.75) is 47.1 Å². The van der Waals surface area contributed by atoms with Crippen LogP contribution in [0.15, 0.2) is 36.4 Å². The molecular weight excluding hydrogens is 272 g/mol. The minimum absolute atomic E-state index is 0.000212. The van der Waals surface area contributed by atoms with E-state index in [9.17, 15) is 4.79 Å². The van der Waals surface area contributed by atoms with E-state index >= 15 is 0 Å². The van der Waals surface area contributed by atoms with Crippen LogP contribution in [-0.2, 0) is 6.42 Å². The summed E-state index contributed by atoms with van der Waals surface area (Å²) in [5, 5.41) is 3.06. The Kier molecular flexibility index (Phi) is 7.16. The average Bonchev–Trinajstić information content (AvgIpc) is 2.44. The van der Waals surface area contributed by atoms with Gasteiger partial charge in [-0.2, -0.15) is 0 Å². The molecule has 1 aromatic carbocycles. The number of hydrogen-bond acceptors (Lipinski definition) is 1. The first kappa shape index (κ1) is 18.3. The van der Waals surface area contributed by atoms with E-state index < -0.39 is 0 Å². The van der Waals surface area contributed by atoms with Crippen molar-refractivity contribution in [1.29, 1.82) is 0 Å². The summed E-state index contributed by atoms with van der Waals surface area (Å²) in [6.45, 7) is 15.5. The van der Waals surface area contributed by atoms with Gasteiger partial charge in [0.25, 0.3) is 0 Å². The SMILES string of the molecule is C=C(C)CN(CC)C(=O)NC(C)c1ccc(CC(C)C)cc1.